The Labute approximate surface area is 176 Å². The zero-order valence-corrected chi connectivity index (χ0v) is 17.4. The molecule has 0 spiro atoms. The van der Waals surface area contributed by atoms with Crippen molar-refractivity contribution in [1.82, 2.24) is 15.0 Å². The Morgan fingerprint density at radius 3 is 2.83 bits per heavy atom. The molecule has 29 heavy (non-hydrogen) atoms. The number of halogens is 1. The van der Waals surface area contributed by atoms with Crippen LogP contribution in [0.5, 0.6) is 0 Å². The number of nitrogens with one attached hydrogen (secondary N) is 1. The van der Waals surface area contributed by atoms with E-state index in [-0.39, 0.29) is 6.04 Å². The molecule has 5 rings (SSSR count). The number of H-pyrrole nitrogens is 1. The second-order valence-corrected chi connectivity index (χ2v) is 8.78. The van der Waals surface area contributed by atoms with Gasteiger partial charge in [0.1, 0.15) is 0 Å². The molecule has 1 unspecified atom stereocenters. The standard InChI is InChI=1S/C22H21BrN4O2/c23-14-6-2-5-12(9-14)21-25-10-13-7-8-15-16(22(28)29)20(17(24)11-3-1-4-11)26-19(15)18(13)27-21/h2,5-6,9-11,17,26H,1,3-4,7-8,24H2,(H,28,29). The van der Waals surface area contributed by atoms with Gasteiger partial charge in [0.15, 0.2) is 5.82 Å². The van der Waals surface area contributed by atoms with E-state index in [4.69, 9.17) is 10.7 Å². The van der Waals surface area contributed by atoms with Gasteiger partial charge in [0.05, 0.1) is 17.0 Å². The molecule has 1 atom stereocenters. The fourth-order valence-corrected chi connectivity index (χ4v) is 4.77. The Balaban J connectivity index is 1.64. The summed E-state index contributed by atoms with van der Waals surface area (Å²) in [6.45, 7) is 0. The molecule has 0 saturated heterocycles. The van der Waals surface area contributed by atoms with Crippen molar-refractivity contribution in [2.45, 2.75) is 38.1 Å². The van der Waals surface area contributed by atoms with Crippen LogP contribution in [0.25, 0.3) is 22.8 Å². The maximum absolute atomic E-state index is 12.1. The van der Waals surface area contributed by atoms with Gasteiger partial charge in [-0.2, -0.15) is 0 Å². The Bertz CT molecular complexity index is 1120. The fraction of sp³-hybridized carbons (Fsp3) is 0.318. The number of hydrogen-bond acceptors (Lipinski definition) is 4. The lowest BCUT2D eigenvalue weighted by molar-refractivity contribution is 0.0693. The van der Waals surface area contributed by atoms with E-state index in [1.165, 1.54) is 0 Å². The minimum Gasteiger partial charge on any atom is -0.478 e. The van der Waals surface area contributed by atoms with E-state index in [1.54, 1.807) is 0 Å². The van der Waals surface area contributed by atoms with Gasteiger partial charge >= 0.3 is 5.97 Å². The van der Waals surface area contributed by atoms with Crippen molar-refractivity contribution in [2.24, 2.45) is 11.7 Å². The number of benzene rings is 1. The van der Waals surface area contributed by atoms with Gasteiger partial charge in [-0.3, -0.25) is 0 Å². The Morgan fingerprint density at radius 1 is 1.31 bits per heavy atom. The van der Waals surface area contributed by atoms with Gasteiger partial charge in [-0.1, -0.05) is 34.5 Å². The van der Waals surface area contributed by atoms with Crippen LogP contribution in [0.4, 0.5) is 0 Å². The summed E-state index contributed by atoms with van der Waals surface area (Å²) in [6.07, 6.45) is 6.49. The maximum atomic E-state index is 12.1. The highest BCUT2D eigenvalue weighted by atomic mass is 79.9. The number of aromatic amines is 1. The van der Waals surface area contributed by atoms with E-state index in [0.717, 1.165) is 58.2 Å². The van der Waals surface area contributed by atoms with Crippen LogP contribution in [0.1, 0.15) is 52.5 Å². The first-order valence-electron chi connectivity index (χ1n) is 9.88. The normalized spacial score (nSPS) is 16.6. The zero-order chi connectivity index (χ0) is 20.1. The predicted molar refractivity (Wildman–Crippen MR) is 114 cm³/mol. The SMILES string of the molecule is NC(c1[nH]c2c(c1C(=O)O)CCc1cnc(-c3cccc(Br)c3)nc1-2)C1CCC1. The molecule has 3 aromatic rings. The minimum atomic E-state index is -0.919. The molecule has 0 bridgehead atoms. The summed E-state index contributed by atoms with van der Waals surface area (Å²) in [5.41, 5.74) is 11.8. The third-order valence-corrected chi connectivity index (χ3v) is 6.66. The van der Waals surface area contributed by atoms with Gasteiger partial charge in [-0.15, -0.1) is 0 Å². The minimum absolute atomic E-state index is 0.282. The summed E-state index contributed by atoms with van der Waals surface area (Å²) in [5.74, 6) is 0.0431. The van der Waals surface area contributed by atoms with Gasteiger partial charge in [0.25, 0.3) is 0 Å². The molecule has 2 aliphatic rings. The number of carboxylic acids is 1. The number of aromatic nitrogens is 3. The van der Waals surface area contributed by atoms with Crippen LogP contribution in [0.15, 0.2) is 34.9 Å². The van der Waals surface area contributed by atoms with E-state index in [2.05, 4.69) is 25.9 Å². The number of carbonyl (C=O) groups is 1. The van der Waals surface area contributed by atoms with Crippen LogP contribution in [0.2, 0.25) is 0 Å². The van der Waals surface area contributed by atoms with Crippen molar-refractivity contribution in [2.75, 3.05) is 0 Å². The van der Waals surface area contributed by atoms with Crippen molar-refractivity contribution in [3.05, 3.63) is 57.3 Å². The van der Waals surface area contributed by atoms with E-state index >= 15 is 0 Å². The number of fused-ring (bicyclic) bond motifs is 3. The van der Waals surface area contributed by atoms with Crippen molar-refractivity contribution in [1.29, 1.82) is 0 Å². The predicted octanol–water partition coefficient (Wildman–Crippen LogP) is 4.50. The number of rotatable bonds is 4. The van der Waals surface area contributed by atoms with Crippen LogP contribution >= 0.6 is 15.9 Å². The molecular formula is C22H21BrN4O2. The third kappa shape index (κ3) is 3.09. The van der Waals surface area contributed by atoms with Crippen molar-refractivity contribution in [3.63, 3.8) is 0 Å². The van der Waals surface area contributed by atoms with Gasteiger partial charge in [0.2, 0.25) is 0 Å². The zero-order valence-electron chi connectivity index (χ0n) is 15.8. The van der Waals surface area contributed by atoms with E-state index in [1.807, 2.05) is 30.5 Å². The van der Waals surface area contributed by atoms with Gasteiger partial charge < -0.3 is 15.8 Å². The van der Waals surface area contributed by atoms with Crippen molar-refractivity contribution >= 4 is 21.9 Å². The molecule has 0 amide bonds. The number of hydrogen-bond donors (Lipinski definition) is 3. The highest BCUT2D eigenvalue weighted by Crippen LogP contribution is 2.42. The van der Waals surface area contributed by atoms with E-state index < -0.39 is 5.97 Å². The first kappa shape index (κ1) is 18.5. The van der Waals surface area contributed by atoms with Crippen molar-refractivity contribution < 1.29 is 9.90 Å². The summed E-state index contributed by atoms with van der Waals surface area (Å²) >= 11 is 3.49. The highest BCUT2D eigenvalue weighted by molar-refractivity contribution is 9.10. The molecule has 0 radical (unpaired) electrons. The maximum Gasteiger partial charge on any atom is 0.337 e. The molecule has 2 heterocycles. The van der Waals surface area contributed by atoms with Crippen LogP contribution < -0.4 is 5.73 Å². The summed E-state index contributed by atoms with van der Waals surface area (Å²) in [4.78, 5) is 24.8. The third-order valence-electron chi connectivity index (χ3n) is 6.17. The molecule has 0 aliphatic heterocycles. The van der Waals surface area contributed by atoms with E-state index in [9.17, 15) is 9.90 Å². The smallest absolute Gasteiger partial charge is 0.337 e. The summed E-state index contributed by atoms with van der Waals surface area (Å²) in [7, 11) is 0. The average Bonchev–Trinajstić information content (AvgIpc) is 3.06. The van der Waals surface area contributed by atoms with Gasteiger partial charge in [0, 0.05) is 28.0 Å². The second kappa shape index (κ2) is 7.07. The molecule has 1 aromatic carbocycles. The lowest BCUT2D eigenvalue weighted by Gasteiger charge is -2.31. The van der Waals surface area contributed by atoms with Crippen LogP contribution in [-0.2, 0) is 12.8 Å². The summed E-state index contributed by atoms with van der Waals surface area (Å²) in [6, 6.07) is 7.56. The largest absolute Gasteiger partial charge is 0.478 e. The number of nitrogens with two attached hydrogens (primary N) is 1. The molecular weight excluding hydrogens is 432 g/mol. The molecule has 148 valence electrons. The number of aryl methyl sites for hydroxylation is 1. The Kier molecular flexibility index (Phi) is 4.52. The lowest BCUT2D eigenvalue weighted by atomic mass is 9.78. The highest BCUT2D eigenvalue weighted by Gasteiger charge is 2.35. The monoisotopic (exact) mass is 452 g/mol. The van der Waals surface area contributed by atoms with Crippen LogP contribution in [0.3, 0.4) is 0 Å². The fourth-order valence-electron chi connectivity index (χ4n) is 4.37. The molecule has 4 N–H and O–H groups in total. The first-order valence-corrected chi connectivity index (χ1v) is 10.7. The van der Waals surface area contributed by atoms with Crippen molar-refractivity contribution in [3.8, 4) is 22.8 Å². The molecule has 6 nitrogen and oxygen atoms in total. The molecule has 2 aliphatic carbocycles. The number of carboxylic acid groups (broad SMARTS) is 1. The van der Waals surface area contributed by atoms with Gasteiger partial charge in [-0.05, 0) is 54.9 Å². The van der Waals surface area contributed by atoms with Gasteiger partial charge in [-0.25, -0.2) is 14.8 Å². The Hall–Kier alpha value is -2.51. The topological polar surface area (TPSA) is 105 Å². The Morgan fingerprint density at radius 2 is 2.14 bits per heavy atom. The lowest BCUT2D eigenvalue weighted by Crippen LogP contribution is -2.28. The number of nitrogens with zero attached hydrogens (tertiary/aromatic N) is 2. The number of aromatic carboxylic acids is 1. The average molecular weight is 453 g/mol. The quantitative estimate of drug-likeness (QED) is 0.540. The second-order valence-electron chi connectivity index (χ2n) is 7.87. The first-order chi connectivity index (χ1) is 14.0. The van der Waals surface area contributed by atoms with E-state index in [0.29, 0.717) is 29.4 Å². The van der Waals surface area contributed by atoms with Crippen LogP contribution in [0, 0.1) is 5.92 Å². The molecule has 1 saturated carbocycles. The molecule has 7 heteroatoms. The summed E-state index contributed by atoms with van der Waals surface area (Å²) < 4.78 is 0.957. The summed E-state index contributed by atoms with van der Waals surface area (Å²) in [5, 5.41) is 9.93. The molecule has 2 aromatic heterocycles. The molecule has 1 fully saturated rings. The van der Waals surface area contributed by atoms with Crippen LogP contribution in [-0.4, -0.2) is 26.0 Å².